The summed E-state index contributed by atoms with van der Waals surface area (Å²) >= 11 is 0. The van der Waals surface area contributed by atoms with Gasteiger partial charge in [0.15, 0.2) is 0 Å². The molecule has 0 atom stereocenters. The number of azo groups is 2. The van der Waals surface area contributed by atoms with E-state index in [2.05, 4.69) is 20.5 Å². The summed E-state index contributed by atoms with van der Waals surface area (Å²) in [6, 6.07) is 16.3. The molecule has 3 N–H and O–H groups in total. The van der Waals surface area contributed by atoms with Crippen molar-refractivity contribution in [3.05, 3.63) is 84.7 Å². The van der Waals surface area contributed by atoms with E-state index in [-0.39, 0.29) is 98.0 Å². The zero-order chi connectivity index (χ0) is 29.5. The molecule has 0 heterocycles. The number of anilines is 1. The maximum absolute atomic E-state index is 13.2. The summed E-state index contributed by atoms with van der Waals surface area (Å²) in [6.45, 7) is 0. The molecule has 0 aliphatic carbocycles. The molecule has 0 bridgehead atoms. The Morgan fingerprint density at radius 3 is 1.91 bits per heavy atom. The Bertz CT molecular complexity index is 2150. The number of hydrogen-bond acceptors (Lipinski definition) is 12. The number of nitrogen functional groups attached to an aromatic ring is 1. The number of rotatable bonds is 6. The Hall–Kier alpha value is -2.83. The van der Waals surface area contributed by atoms with Gasteiger partial charge >= 0.3 is 59.1 Å². The molecule has 17 heteroatoms. The van der Waals surface area contributed by atoms with Gasteiger partial charge < -0.3 is 19.9 Å². The maximum Gasteiger partial charge on any atom is 1.00 e. The van der Waals surface area contributed by atoms with Crippen LogP contribution in [0.5, 0.6) is 5.75 Å². The van der Waals surface area contributed by atoms with Crippen LogP contribution < -0.4 is 64.8 Å². The summed E-state index contributed by atoms with van der Waals surface area (Å²) in [4.78, 5) is -1.19. The van der Waals surface area contributed by atoms with Gasteiger partial charge in [0.2, 0.25) is 0 Å². The monoisotopic (exact) mass is 639 g/mol. The van der Waals surface area contributed by atoms with Crippen molar-refractivity contribution in [1.82, 2.24) is 0 Å². The van der Waals surface area contributed by atoms with Crippen LogP contribution in [0.4, 0.5) is 32.8 Å². The van der Waals surface area contributed by atoms with Crippen LogP contribution in [0.15, 0.2) is 109 Å². The van der Waals surface area contributed by atoms with Crippen molar-refractivity contribution in [2.75, 3.05) is 5.73 Å². The van der Waals surface area contributed by atoms with Crippen LogP contribution in [0, 0.1) is 5.82 Å². The van der Waals surface area contributed by atoms with Crippen LogP contribution in [-0.4, -0.2) is 31.0 Å². The fourth-order valence-corrected chi connectivity index (χ4v) is 5.04. The first kappa shape index (κ1) is 34.7. The van der Waals surface area contributed by atoms with E-state index in [1.165, 1.54) is 54.6 Å². The maximum atomic E-state index is 13.2. The molecule has 0 unspecified atom stereocenters. The van der Waals surface area contributed by atoms with Crippen LogP contribution in [0.2, 0.25) is 0 Å². The van der Waals surface area contributed by atoms with E-state index < -0.39 is 41.6 Å². The minimum absolute atomic E-state index is 0. The molecule has 0 aliphatic heterocycles. The van der Waals surface area contributed by atoms with E-state index in [4.69, 9.17) is 5.73 Å². The van der Waals surface area contributed by atoms with Crippen LogP contribution >= 0.6 is 0 Å². The van der Waals surface area contributed by atoms with Crippen LogP contribution in [0.1, 0.15) is 0 Å². The summed E-state index contributed by atoms with van der Waals surface area (Å²) in [7, 11) is -9.71. The Labute approximate surface area is 288 Å². The standard InChI is InChI=1S/C26H18FN5O7S2.2Na/c27-15-2-4-16(5-3-15)29-30-22-9-10-23(20-12-17(40(34,35)36)6-7-19(20)22)31-32-26-21(28)8-1-14-11-18(41(37,38)39)13-24(33)25(14)26;;/h1-13,33H,28H2,(H,34,35,36)(H,37,38,39);;/q;2*+1/p-2. The molecule has 0 spiro atoms. The van der Waals surface area contributed by atoms with Gasteiger partial charge in [0, 0.05) is 10.8 Å². The van der Waals surface area contributed by atoms with Crippen molar-refractivity contribution in [3.8, 4) is 5.75 Å². The van der Waals surface area contributed by atoms with E-state index >= 15 is 0 Å². The molecule has 0 aliphatic rings. The van der Waals surface area contributed by atoms with Gasteiger partial charge in [-0.15, -0.1) is 15.3 Å². The molecule has 0 saturated heterocycles. The van der Waals surface area contributed by atoms with Gasteiger partial charge in [0.1, 0.15) is 37.5 Å². The minimum atomic E-state index is -4.87. The molecule has 43 heavy (non-hydrogen) atoms. The Morgan fingerprint density at radius 1 is 0.674 bits per heavy atom. The van der Waals surface area contributed by atoms with Crippen molar-refractivity contribution in [2.24, 2.45) is 20.5 Å². The molecule has 0 saturated carbocycles. The topological polar surface area (TPSA) is 210 Å². The number of nitrogens with two attached hydrogens (primary N) is 1. The molecule has 5 aromatic carbocycles. The van der Waals surface area contributed by atoms with Gasteiger partial charge in [0.25, 0.3) is 0 Å². The van der Waals surface area contributed by atoms with Gasteiger partial charge in [-0.05, 0) is 72.1 Å². The van der Waals surface area contributed by atoms with E-state index in [0.717, 1.165) is 24.3 Å². The third-order valence-corrected chi connectivity index (χ3v) is 7.60. The largest absolute Gasteiger partial charge is 1.00 e. The number of phenols is 1. The average molecular weight is 640 g/mol. The summed E-state index contributed by atoms with van der Waals surface area (Å²) in [5.41, 5.74) is 6.74. The van der Waals surface area contributed by atoms with Gasteiger partial charge in [0.05, 0.1) is 37.9 Å². The third kappa shape index (κ3) is 7.64. The molecular weight excluding hydrogens is 623 g/mol. The van der Waals surface area contributed by atoms with E-state index in [9.17, 15) is 35.4 Å². The van der Waals surface area contributed by atoms with Crippen LogP contribution in [-0.2, 0) is 20.2 Å². The van der Waals surface area contributed by atoms with Crippen LogP contribution in [0.3, 0.4) is 0 Å². The zero-order valence-electron chi connectivity index (χ0n) is 22.5. The van der Waals surface area contributed by atoms with Crippen molar-refractivity contribution < 1.29 is 94.6 Å². The molecule has 0 amide bonds. The smallest absolute Gasteiger partial charge is 0.744 e. The number of benzene rings is 5. The fourth-order valence-electron chi connectivity index (χ4n) is 4.02. The second-order valence-electron chi connectivity index (χ2n) is 8.64. The van der Waals surface area contributed by atoms with Crippen molar-refractivity contribution in [3.63, 3.8) is 0 Å². The molecule has 12 nitrogen and oxygen atoms in total. The number of hydrogen-bond donors (Lipinski definition) is 2. The number of halogens is 1. The Morgan fingerprint density at radius 2 is 1.28 bits per heavy atom. The van der Waals surface area contributed by atoms with Gasteiger partial charge in [-0.2, -0.15) is 5.11 Å². The predicted octanol–water partition coefficient (Wildman–Crippen LogP) is 0.0669. The number of aromatic hydroxyl groups is 1. The molecule has 5 aromatic rings. The minimum Gasteiger partial charge on any atom is -0.744 e. The first-order valence-corrected chi connectivity index (χ1v) is 14.3. The summed E-state index contributed by atoms with van der Waals surface area (Å²) in [6.07, 6.45) is 0. The number of nitrogens with zero attached hydrogens (tertiary/aromatic N) is 4. The van der Waals surface area contributed by atoms with Gasteiger partial charge in [-0.25, -0.2) is 21.2 Å². The van der Waals surface area contributed by atoms with Gasteiger partial charge in [-0.1, -0.05) is 12.1 Å². The SMILES string of the molecule is Nc1ccc2cc(S(=O)(=O)[O-])cc(O)c2c1N=Nc1ccc(N=Nc2ccc(F)cc2)c2ccc(S(=O)(=O)[O-])cc12.[Na+].[Na+]. The Balaban J connectivity index is 0.00000253. The molecule has 0 radical (unpaired) electrons. The summed E-state index contributed by atoms with van der Waals surface area (Å²) < 4.78 is 82.7. The van der Waals surface area contributed by atoms with Crippen molar-refractivity contribution in [2.45, 2.75) is 9.79 Å². The van der Waals surface area contributed by atoms with E-state index in [0.29, 0.717) is 11.1 Å². The number of fused-ring (bicyclic) bond motifs is 2. The summed E-state index contributed by atoms with van der Waals surface area (Å²) in [5.74, 6) is -1.04. The third-order valence-electron chi connectivity index (χ3n) is 5.95. The van der Waals surface area contributed by atoms with Crippen LogP contribution in [0.25, 0.3) is 21.5 Å². The zero-order valence-corrected chi connectivity index (χ0v) is 28.1. The molecule has 208 valence electrons. The first-order valence-electron chi connectivity index (χ1n) is 11.4. The average Bonchev–Trinajstić information content (AvgIpc) is 2.91. The quantitative estimate of drug-likeness (QED) is 0.112. The second kappa shape index (κ2) is 13.4. The number of phenolic OH excluding ortho intramolecular Hbond substituents is 1. The summed E-state index contributed by atoms with van der Waals surface area (Å²) in [5, 5.41) is 27.7. The normalized spacial score (nSPS) is 12.1. The van der Waals surface area contributed by atoms with Gasteiger partial charge in [-0.3, -0.25) is 0 Å². The van der Waals surface area contributed by atoms with Crippen molar-refractivity contribution >= 4 is 70.2 Å². The fraction of sp³-hybridized carbons (Fsp3) is 0. The molecule has 0 fully saturated rings. The molecular formula is C26H16FN5Na2O7S2. The van der Waals surface area contributed by atoms with E-state index in [1.807, 2.05) is 0 Å². The van der Waals surface area contributed by atoms with E-state index in [1.54, 1.807) is 0 Å². The predicted molar refractivity (Wildman–Crippen MR) is 145 cm³/mol. The first-order chi connectivity index (χ1) is 19.3. The second-order valence-corrected chi connectivity index (χ2v) is 11.4. The molecule has 0 aromatic heterocycles. The Kier molecular flexibility index (Phi) is 10.8. The molecule has 5 rings (SSSR count). The van der Waals surface area contributed by atoms with Crippen molar-refractivity contribution in [1.29, 1.82) is 0 Å².